The third-order valence-corrected chi connectivity index (χ3v) is 7.53. The van der Waals surface area contributed by atoms with Gasteiger partial charge in [0.05, 0.1) is 30.6 Å². The number of Topliss-reactive ketones (excluding diaryl/α,β-unsaturated/α-hetero) is 1. The first-order valence-corrected chi connectivity index (χ1v) is 11.0. The van der Waals surface area contributed by atoms with Crippen LogP contribution in [0.1, 0.15) is 52.4 Å². The summed E-state index contributed by atoms with van der Waals surface area (Å²) < 4.78 is 6.49. The highest BCUT2D eigenvalue weighted by molar-refractivity contribution is 5.83. The van der Waals surface area contributed by atoms with E-state index < -0.39 is 0 Å². The normalized spacial score (nSPS) is 47.0. The molecule has 0 aromatic rings. The fourth-order valence-electron chi connectivity index (χ4n) is 6.05. The van der Waals surface area contributed by atoms with E-state index in [4.69, 9.17) is 4.74 Å². The number of urea groups is 1. The third-order valence-electron chi connectivity index (χ3n) is 7.53. The highest BCUT2D eigenvalue weighted by Crippen LogP contribution is 2.35. The molecule has 8 heteroatoms. The number of carbonyl (C=O) groups is 2. The molecule has 8 atom stereocenters. The number of carbonyl (C=O) groups excluding carboxylic acids is 2. The SMILES string of the molecule is C[C@@H]1CC[C@H](C)OC2CCNC3NC(=O)N(C4CCC5C(=O)CCN1C5N4)C32. The Morgan fingerprint density at radius 3 is 2.79 bits per heavy atom. The molecule has 0 saturated carbocycles. The summed E-state index contributed by atoms with van der Waals surface area (Å²) in [5, 5.41) is 10.3. The van der Waals surface area contributed by atoms with Crippen molar-refractivity contribution in [2.45, 2.75) is 95.2 Å². The molecule has 5 saturated heterocycles. The van der Waals surface area contributed by atoms with E-state index in [9.17, 15) is 9.59 Å². The van der Waals surface area contributed by atoms with Gasteiger partial charge in [-0.05, 0) is 52.5 Å². The smallest absolute Gasteiger partial charge is 0.320 e. The Morgan fingerprint density at radius 1 is 1.07 bits per heavy atom. The number of fused-ring (bicyclic) bond motifs is 2. The Labute approximate surface area is 166 Å². The molecule has 156 valence electrons. The summed E-state index contributed by atoms with van der Waals surface area (Å²) >= 11 is 0. The van der Waals surface area contributed by atoms with Crippen molar-refractivity contribution < 1.29 is 14.3 Å². The quantitative estimate of drug-likeness (QED) is 0.560. The highest BCUT2D eigenvalue weighted by Gasteiger charge is 2.52. The summed E-state index contributed by atoms with van der Waals surface area (Å²) in [6.45, 7) is 6.08. The molecule has 0 aliphatic carbocycles. The van der Waals surface area contributed by atoms with Gasteiger partial charge in [-0.2, -0.15) is 0 Å². The number of rotatable bonds is 0. The fourth-order valence-corrected chi connectivity index (χ4v) is 6.05. The second-order valence-corrected chi connectivity index (χ2v) is 9.24. The maximum Gasteiger partial charge on any atom is 0.320 e. The van der Waals surface area contributed by atoms with Gasteiger partial charge in [0.2, 0.25) is 0 Å². The van der Waals surface area contributed by atoms with Crippen LogP contribution in [0.25, 0.3) is 0 Å². The first-order chi connectivity index (χ1) is 13.5. The molecule has 0 aromatic carbocycles. The summed E-state index contributed by atoms with van der Waals surface area (Å²) in [7, 11) is 0. The van der Waals surface area contributed by atoms with Crippen LogP contribution in [0.4, 0.5) is 4.79 Å². The van der Waals surface area contributed by atoms with Gasteiger partial charge in [0.25, 0.3) is 0 Å². The molecule has 6 unspecified atom stereocenters. The summed E-state index contributed by atoms with van der Waals surface area (Å²) in [5.74, 6) is 0.426. The van der Waals surface area contributed by atoms with E-state index in [1.807, 2.05) is 4.90 Å². The van der Waals surface area contributed by atoms with Crippen LogP contribution in [0.2, 0.25) is 0 Å². The summed E-state index contributed by atoms with van der Waals surface area (Å²) in [6, 6.07) is 0.351. The van der Waals surface area contributed by atoms with E-state index in [0.29, 0.717) is 18.2 Å². The fraction of sp³-hybridized carbons (Fsp3) is 0.900. The average Bonchev–Trinajstić information content (AvgIpc) is 3.02. The zero-order chi connectivity index (χ0) is 19.4. The van der Waals surface area contributed by atoms with Crippen molar-refractivity contribution in [1.29, 1.82) is 0 Å². The second kappa shape index (κ2) is 7.23. The minimum absolute atomic E-state index is 0.0117. The number of hydrogen-bond acceptors (Lipinski definition) is 6. The number of nitrogens with one attached hydrogen (secondary N) is 3. The predicted octanol–water partition coefficient (Wildman–Crippen LogP) is 0.582. The first-order valence-electron chi connectivity index (χ1n) is 11.0. The molecule has 3 N–H and O–H groups in total. The topological polar surface area (TPSA) is 85.9 Å². The monoisotopic (exact) mass is 391 g/mol. The number of amides is 2. The molecule has 28 heavy (non-hydrogen) atoms. The Balaban J connectivity index is 1.49. The molecule has 2 bridgehead atoms. The van der Waals surface area contributed by atoms with E-state index in [-0.39, 0.29) is 48.7 Å². The third kappa shape index (κ3) is 3.05. The lowest BCUT2D eigenvalue weighted by atomic mass is 9.83. The molecular weight excluding hydrogens is 358 g/mol. The largest absolute Gasteiger partial charge is 0.373 e. The Bertz CT molecular complexity index is 645. The predicted molar refractivity (Wildman–Crippen MR) is 103 cm³/mol. The van der Waals surface area contributed by atoms with Gasteiger partial charge in [0.15, 0.2) is 0 Å². The molecule has 8 nitrogen and oxygen atoms in total. The lowest BCUT2D eigenvalue weighted by molar-refractivity contribution is -0.137. The Morgan fingerprint density at radius 2 is 1.93 bits per heavy atom. The van der Waals surface area contributed by atoms with Crippen LogP contribution in [0, 0.1) is 5.92 Å². The Kier molecular flexibility index (Phi) is 4.85. The molecule has 5 fully saturated rings. The van der Waals surface area contributed by atoms with Gasteiger partial charge >= 0.3 is 6.03 Å². The van der Waals surface area contributed by atoms with Crippen LogP contribution in [-0.4, -0.2) is 77.5 Å². The van der Waals surface area contributed by atoms with Crippen molar-refractivity contribution in [3.63, 3.8) is 0 Å². The molecule has 2 amide bonds. The summed E-state index contributed by atoms with van der Waals surface area (Å²) in [5.41, 5.74) is 0. The molecule has 5 heterocycles. The van der Waals surface area contributed by atoms with E-state index in [2.05, 4.69) is 34.7 Å². The van der Waals surface area contributed by atoms with Crippen LogP contribution in [-0.2, 0) is 9.53 Å². The van der Waals surface area contributed by atoms with E-state index in [0.717, 1.165) is 45.2 Å². The number of ether oxygens (including phenoxy) is 1. The van der Waals surface area contributed by atoms with Gasteiger partial charge < -0.3 is 15.0 Å². The summed E-state index contributed by atoms with van der Waals surface area (Å²) in [4.78, 5) is 30.0. The molecule has 0 aromatic heterocycles. The zero-order valence-electron chi connectivity index (χ0n) is 16.9. The van der Waals surface area contributed by atoms with Gasteiger partial charge in [-0.3, -0.25) is 20.3 Å². The molecule has 0 spiro atoms. The van der Waals surface area contributed by atoms with Crippen LogP contribution in [0.5, 0.6) is 0 Å². The molecule has 5 rings (SSSR count). The van der Waals surface area contributed by atoms with Crippen LogP contribution in [0.3, 0.4) is 0 Å². The van der Waals surface area contributed by atoms with Crippen LogP contribution < -0.4 is 16.0 Å². The number of piperidine rings is 3. The van der Waals surface area contributed by atoms with Crippen molar-refractivity contribution in [2.24, 2.45) is 5.92 Å². The zero-order valence-corrected chi connectivity index (χ0v) is 16.9. The molecule has 0 radical (unpaired) electrons. The lowest BCUT2D eigenvalue weighted by Gasteiger charge is -2.51. The molecule has 5 aliphatic heterocycles. The van der Waals surface area contributed by atoms with Gasteiger partial charge in [0.1, 0.15) is 11.9 Å². The van der Waals surface area contributed by atoms with Crippen LogP contribution >= 0.6 is 0 Å². The Hall–Kier alpha value is -1.22. The maximum atomic E-state index is 12.9. The summed E-state index contributed by atoms with van der Waals surface area (Å²) in [6.07, 6.45) is 5.39. The van der Waals surface area contributed by atoms with Crippen molar-refractivity contribution in [3.05, 3.63) is 0 Å². The van der Waals surface area contributed by atoms with E-state index in [1.165, 1.54) is 0 Å². The average molecular weight is 392 g/mol. The van der Waals surface area contributed by atoms with Crippen molar-refractivity contribution in [1.82, 2.24) is 25.8 Å². The minimum Gasteiger partial charge on any atom is -0.373 e. The molecule has 5 aliphatic rings. The van der Waals surface area contributed by atoms with Gasteiger partial charge in [-0.25, -0.2) is 4.79 Å². The number of nitrogens with zero attached hydrogens (tertiary/aromatic N) is 2. The van der Waals surface area contributed by atoms with Crippen molar-refractivity contribution in [2.75, 3.05) is 13.1 Å². The standard InChI is InChI=1S/C20H33N5O3/c1-11-3-4-12(2)28-15-7-9-21-18-17(15)25(20(27)23-18)16-6-5-13-14(26)8-10-24(11)19(13)22-16/h11-13,15-19,21-22H,3-10H2,1-2H3,(H,23,27)/t11-,12+,13?,15?,16?,17?,18?,19?/m1/s1. The van der Waals surface area contributed by atoms with Crippen LogP contribution in [0.15, 0.2) is 0 Å². The number of hydrogen-bond donors (Lipinski definition) is 3. The minimum atomic E-state index is -0.0658. The van der Waals surface area contributed by atoms with Crippen molar-refractivity contribution in [3.8, 4) is 0 Å². The maximum absolute atomic E-state index is 12.9. The van der Waals surface area contributed by atoms with Gasteiger partial charge in [-0.1, -0.05) is 0 Å². The van der Waals surface area contributed by atoms with Gasteiger partial charge in [-0.15, -0.1) is 0 Å². The number of ketones is 1. The molecular formula is C20H33N5O3. The second-order valence-electron chi connectivity index (χ2n) is 9.24. The van der Waals surface area contributed by atoms with E-state index >= 15 is 0 Å². The first kappa shape index (κ1) is 18.8. The highest BCUT2D eigenvalue weighted by atomic mass is 16.5. The van der Waals surface area contributed by atoms with E-state index in [1.54, 1.807) is 0 Å². The van der Waals surface area contributed by atoms with Gasteiger partial charge in [0, 0.05) is 24.9 Å². The lowest BCUT2D eigenvalue weighted by Crippen LogP contribution is -2.69. The van der Waals surface area contributed by atoms with Crippen molar-refractivity contribution >= 4 is 11.8 Å².